The number of halogens is 1. The Labute approximate surface area is 116 Å². The number of rotatable bonds is 5. The molecule has 2 aliphatic rings. The molecule has 18 heavy (non-hydrogen) atoms. The van der Waals surface area contributed by atoms with Crippen LogP contribution in [0.25, 0.3) is 0 Å². The van der Waals surface area contributed by atoms with Gasteiger partial charge in [0.15, 0.2) is 0 Å². The minimum absolute atomic E-state index is 0.137. The fraction of sp³-hybridized carbons (Fsp3) is 0.733. The summed E-state index contributed by atoms with van der Waals surface area (Å²) in [6.45, 7) is 6.65. The molecule has 1 heterocycles. The lowest BCUT2D eigenvalue weighted by molar-refractivity contribution is 0.203. The maximum absolute atomic E-state index is 6.45. The van der Waals surface area contributed by atoms with Crippen LogP contribution in [0.4, 0.5) is 0 Å². The largest absolute Gasteiger partial charge is 0.314 e. The van der Waals surface area contributed by atoms with Crippen LogP contribution in [0.15, 0.2) is 23.8 Å². The normalized spacial score (nSPS) is 29.3. The summed E-state index contributed by atoms with van der Waals surface area (Å²) in [5.74, 6) is 0. The number of allylic oxidation sites excluding steroid dienone is 2. The van der Waals surface area contributed by atoms with Gasteiger partial charge in [0, 0.05) is 32.2 Å². The van der Waals surface area contributed by atoms with E-state index in [1.807, 2.05) is 0 Å². The van der Waals surface area contributed by atoms with Crippen molar-refractivity contribution < 1.29 is 0 Å². The van der Waals surface area contributed by atoms with E-state index >= 15 is 0 Å². The second-order valence-corrected chi connectivity index (χ2v) is 5.78. The molecular weight excluding hydrogens is 244 g/mol. The summed E-state index contributed by atoms with van der Waals surface area (Å²) in [6.07, 6.45) is 11.9. The molecule has 0 saturated carbocycles. The average Bonchev–Trinajstić information content (AvgIpc) is 2.42. The highest BCUT2D eigenvalue weighted by Gasteiger charge is 2.26. The van der Waals surface area contributed by atoms with Gasteiger partial charge in [0.05, 0.1) is 5.38 Å². The van der Waals surface area contributed by atoms with Crippen LogP contribution in [-0.4, -0.2) is 42.5 Å². The molecule has 2 rings (SSSR count). The molecule has 0 aromatic carbocycles. The van der Waals surface area contributed by atoms with Crippen molar-refractivity contribution >= 4 is 11.6 Å². The van der Waals surface area contributed by atoms with E-state index in [0.717, 1.165) is 26.2 Å². The Morgan fingerprint density at radius 3 is 2.83 bits per heavy atom. The number of nitrogens with zero attached hydrogens (tertiary/aromatic N) is 1. The number of hydrogen-bond acceptors (Lipinski definition) is 2. The maximum atomic E-state index is 6.45. The van der Waals surface area contributed by atoms with Crippen LogP contribution in [0.3, 0.4) is 0 Å². The SMILES string of the molecule is CCCCCC1=CC(N2CCNCC2)C(Cl)C=C1. The molecule has 0 amide bonds. The smallest absolute Gasteiger partial charge is 0.0710 e. The summed E-state index contributed by atoms with van der Waals surface area (Å²) in [5, 5.41) is 3.54. The van der Waals surface area contributed by atoms with Crippen molar-refractivity contribution in [3.05, 3.63) is 23.8 Å². The van der Waals surface area contributed by atoms with Gasteiger partial charge in [-0.05, 0) is 12.8 Å². The van der Waals surface area contributed by atoms with E-state index in [4.69, 9.17) is 11.6 Å². The summed E-state index contributed by atoms with van der Waals surface area (Å²) >= 11 is 6.45. The third-order valence-corrected chi connectivity index (χ3v) is 4.25. The van der Waals surface area contributed by atoms with E-state index in [1.165, 1.54) is 31.3 Å². The molecule has 0 aromatic rings. The molecule has 2 unspecified atom stereocenters. The summed E-state index contributed by atoms with van der Waals surface area (Å²) in [4.78, 5) is 2.51. The van der Waals surface area contributed by atoms with E-state index in [-0.39, 0.29) is 5.38 Å². The van der Waals surface area contributed by atoms with Crippen molar-refractivity contribution in [1.82, 2.24) is 10.2 Å². The third kappa shape index (κ3) is 3.84. The van der Waals surface area contributed by atoms with Gasteiger partial charge in [0.1, 0.15) is 0 Å². The average molecular weight is 269 g/mol. The zero-order valence-electron chi connectivity index (χ0n) is 11.4. The van der Waals surface area contributed by atoms with Crippen LogP contribution >= 0.6 is 11.6 Å². The lowest BCUT2D eigenvalue weighted by Gasteiger charge is -2.36. The Kier molecular flexibility index (Phi) is 5.74. The van der Waals surface area contributed by atoms with Crippen molar-refractivity contribution in [1.29, 1.82) is 0 Å². The standard InChI is InChI=1S/C15H25ClN2/c1-2-3-4-5-13-6-7-14(16)15(12-13)18-10-8-17-9-11-18/h6-7,12,14-15,17H,2-5,8-11H2,1H3. The Morgan fingerprint density at radius 2 is 2.11 bits per heavy atom. The predicted octanol–water partition coefficient (Wildman–Crippen LogP) is 2.94. The lowest BCUT2D eigenvalue weighted by atomic mass is 9.96. The Hall–Kier alpha value is -0.310. The highest BCUT2D eigenvalue weighted by Crippen LogP contribution is 2.24. The van der Waals surface area contributed by atoms with Gasteiger partial charge >= 0.3 is 0 Å². The van der Waals surface area contributed by atoms with Gasteiger partial charge in [-0.15, -0.1) is 11.6 Å². The van der Waals surface area contributed by atoms with Crippen molar-refractivity contribution in [2.45, 2.75) is 44.0 Å². The molecule has 3 heteroatoms. The Morgan fingerprint density at radius 1 is 1.33 bits per heavy atom. The first kappa shape index (κ1) is 14.1. The number of hydrogen-bond donors (Lipinski definition) is 1. The second kappa shape index (κ2) is 7.32. The van der Waals surface area contributed by atoms with Crippen LogP contribution in [0.2, 0.25) is 0 Å². The summed E-state index contributed by atoms with van der Waals surface area (Å²) < 4.78 is 0. The molecule has 0 radical (unpaired) electrons. The first-order valence-electron chi connectivity index (χ1n) is 7.29. The Balaban J connectivity index is 1.93. The minimum atomic E-state index is 0.137. The zero-order chi connectivity index (χ0) is 12.8. The number of unbranched alkanes of at least 4 members (excludes halogenated alkanes) is 2. The van der Waals surface area contributed by atoms with Crippen molar-refractivity contribution in [2.75, 3.05) is 26.2 Å². The van der Waals surface area contributed by atoms with Gasteiger partial charge in [-0.2, -0.15) is 0 Å². The van der Waals surface area contributed by atoms with E-state index in [1.54, 1.807) is 0 Å². The summed E-state index contributed by atoms with van der Waals surface area (Å²) in [7, 11) is 0. The minimum Gasteiger partial charge on any atom is -0.314 e. The van der Waals surface area contributed by atoms with E-state index in [0.29, 0.717) is 6.04 Å². The predicted molar refractivity (Wildman–Crippen MR) is 79.2 cm³/mol. The molecule has 0 aromatic heterocycles. The molecule has 1 saturated heterocycles. The van der Waals surface area contributed by atoms with Crippen molar-refractivity contribution in [2.24, 2.45) is 0 Å². The van der Waals surface area contributed by atoms with Crippen LogP contribution in [-0.2, 0) is 0 Å². The topological polar surface area (TPSA) is 15.3 Å². The van der Waals surface area contributed by atoms with E-state index in [9.17, 15) is 0 Å². The summed E-state index contributed by atoms with van der Waals surface area (Å²) in [5.41, 5.74) is 1.48. The van der Waals surface area contributed by atoms with Crippen LogP contribution in [0.1, 0.15) is 32.6 Å². The van der Waals surface area contributed by atoms with Gasteiger partial charge in [-0.1, -0.05) is 43.6 Å². The highest BCUT2D eigenvalue weighted by molar-refractivity contribution is 6.22. The monoisotopic (exact) mass is 268 g/mol. The molecule has 1 N–H and O–H groups in total. The molecular formula is C15H25ClN2. The second-order valence-electron chi connectivity index (χ2n) is 5.28. The number of piperazine rings is 1. The van der Waals surface area contributed by atoms with Crippen molar-refractivity contribution in [3.8, 4) is 0 Å². The first-order chi connectivity index (χ1) is 8.81. The Bertz CT molecular complexity index is 306. The molecule has 2 atom stereocenters. The van der Waals surface area contributed by atoms with E-state index in [2.05, 4.69) is 35.4 Å². The van der Waals surface area contributed by atoms with Crippen LogP contribution in [0.5, 0.6) is 0 Å². The van der Waals surface area contributed by atoms with Crippen LogP contribution in [0, 0.1) is 0 Å². The number of nitrogens with one attached hydrogen (secondary N) is 1. The molecule has 0 spiro atoms. The quantitative estimate of drug-likeness (QED) is 0.609. The van der Waals surface area contributed by atoms with Gasteiger partial charge in [0.25, 0.3) is 0 Å². The van der Waals surface area contributed by atoms with Crippen LogP contribution < -0.4 is 5.32 Å². The lowest BCUT2D eigenvalue weighted by Crippen LogP contribution is -2.50. The fourth-order valence-corrected chi connectivity index (χ4v) is 3.03. The third-order valence-electron chi connectivity index (χ3n) is 3.85. The molecule has 2 nitrogen and oxygen atoms in total. The van der Waals surface area contributed by atoms with Gasteiger partial charge in [-0.3, -0.25) is 4.90 Å². The highest BCUT2D eigenvalue weighted by atomic mass is 35.5. The maximum Gasteiger partial charge on any atom is 0.0710 e. The molecule has 1 aliphatic heterocycles. The molecule has 102 valence electrons. The van der Waals surface area contributed by atoms with E-state index < -0.39 is 0 Å². The first-order valence-corrected chi connectivity index (χ1v) is 7.72. The fourth-order valence-electron chi connectivity index (χ4n) is 2.73. The zero-order valence-corrected chi connectivity index (χ0v) is 12.1. The molecule has 0 bridgehead atoms. The summed E-state index contributed by atoms with van der Waals surface area (Å²) in [6, 6.07) is 0.399. The van der Waals surface area contributed by atoms with Crippen molar-refractivity contribution in [3.63, 3.8) is 0 Å². The molecule has 1 aliphatic carbocycles. The number of alkyl halides is 1. The van der Waals surface area contributed by atoms with Gasteiger partial charge < -0.3 is 5.32 Å². The van der Waals surface area contributed by atoms with Gasteiger partial charge in [0.2, 0.25) is 0 Å². The molecule has 1 fully saturated rings. The van der Waals surface area contributed by atoms with Gasteiger partial charge in [-0.25, -0.2) is 0 Å².